The van der Waals surface area contributed by atoms with Crippen LogP contribution >= 0.6 is 11.3 Å². The highest BCUT2D eigenvalue weighted by Crippen LogP contribution is 2.26. The lowest BCUT2D eigenvalue weighted by atomic mass is 10.1. The minimum atomic E-state index is -0.201. The Balaban J connectivity index is 1.85. The van der Waals surface area contributed by atoms with Gasteiger partial charge in [-0.25, -0.2) is 4.98 Å². The summed E-state index contributed by atoms with van der Waals surface area (Å²) in [5.41, 5.74) is 1.27. The molecule has 3 aromatic rings. The molecule has 2 aromatic carbocycles. The molecule has 2 N–H and O–H groups in total. The SMILES string of the molecule is C=Cc1sc(NC(=O)c2ccc3ccccc3c2)nc1/C=C\C=N. The summed E-state index contributed by atoms with van der Waals surface area (Å²) in [6.07, 6.45) is 6.16. The number of carbonyl (C=O) groups is 1. The zero-order valence-electron chi connectivity index (χ0n) is 12.8. The van der Waals surface area contributed by atoms with E-state index in [-0.39, 0.29) is 5.91 Å². The molecule has 0 aliphatic rings. The van der Waals surface area contributed by atoms with E-state index in [1.54, 1.807) is 24.3 Å². The van der Waals surface area contributed by atoms with E-state index in [0.29, 0.717) is 16.4 Å². The van der Waals surface area contributed by atoms with Gasteiger partial charge in [0, 0.05) is 11.8 Å². The fourth-order valence-corrected chi connectivity index (χ4v) is 3.10. The van der Waals surface area contributed by atoms with Crippen LogP contribution in [0.15, 0.2) is 55.1 Å². The summed E-state index contributed by atoms with van der Waals surface area (Å²) in [6.45, 7) is 3.75. The number of carbonyl (C=O) groups excluding carboxylic acids is 1. The quantitative estimate of drug-likeness (QED) is 0.655. The highest BCUT2D eigenvalue weighted by Gasteiger charge is 2.11. The lowest BCUT2D eigenvalue weighted by Crippen LogP contribution is -2.11. The molecule has 5 heteroatoms. The van der Waals surface area contributed by atoms with Gasteiger partial charge in [-0.05, 0) is 41.1 Å². The Morgan fingerprint density at radius 3 is 2.75 bits per heavy atom. The molecule has 0 fully saturated rings. The summed E-state index contributed by atoms with van der Waals surface area (Å²) in [5, 5.41) is 12.5. The molecule has 4 nitrogen and oxygen atoms in total. The van der Waals surface area contributed by atoms with Crippen LogP contribution in [0.25, 0.3) is 22.9 Å². The van der Waals surface area contributed by atoms with E-state index < -0.39 is 0 Å². The smallest absolute Gasteiger partial charge is 0.257 e. The minimum absolute atomic E-state index is 0.201. The van der Waals surface area contributed by atoms with Gasteiger partial charge in [0.25, 0.3) is 5.91 Å². The van der Waals surface area contributed by atoms with E-state index in [1.165, 1.54) is 17.6 Å². The van der Waals surface area contributed by atoms with E-state index >= 15 is 0 Å². The number of hydrogen-bond donors (Lipinski definition) is 2. The Bertz CT molecular complexity index is 956. The van der Waals surface area contributed by atoms with Crippen LogP contribution in [0.5, 0.6) is 0 Å². The Morgan fingerprint density at radius 1 is 1.21 bits per heavy atom. The van der Waals surface area contributed by atoms with E-state index in [2.05, 4.69) is 16.9 Å². The third-order valence-corrected chi connectivity index (χ3v) is 4.43. The maximum absolute atomic E-state index is 12.5. The highest BCUT2D eigenvalue weighted by molar-refractivity contribution is 7.16. The van der Waals surface area contributed by atoms with Crippen LogP contribution in [-0.2, 0) is 0 Å². The molecular formula is C19H15N3OS. The molecular weight excluding hydrogens is 318 g/mol. The standard InChI is InChI=1S/C19H15N3OS/c1-2-17-16(8-5-11-20)21-19(24-17)22-18(23)15-10-9-13-6-3-4-7-14(13)12-15/h2-12,20H,1H2,(H,21,22,23)/b8-5-,20-11?. The third-order valence-electron chi connectivity index (χ3n) is 3.45. The molecule has 0 bridgehead atoms. The number of hydrogen-bond acceptors (Lipinski definition) is 4. The molecule has 0 saturated heterocycles. The van der Waals surface area contributed by atoms with Crippen molar-refractivity contribution in [1.29, 1.82) is 5.41 Å². The van der Waals surface area contributed by atoms with Crippen molar-refractivity contribution in [2.24, 2.45) is 0 Å². The molecule has 0 spiro atoms. The molecule has 0 atom stereocenters. The average molecular weight is 333 g/mol. The topological polar surface area (TPSA) is 65.8 Å². The van der Waals surface area contributed by atoms with E-state index in [0.717, 1.165) is 15.6 Å². The number of amides is 1. The Morgan fingerprint density at radius 2 is 2.00 bits per heavy atom. The number of nitrogens with one attached hydrogen (secondary N) is 2. The normalized spacial score (nSPS) is 10.8. The monoisotopic (exact) mass is 333 g/mol. The molecule has 0 radical (unpaired) electrons. The zero-order chi connectivity index (χ0) is 16.9. The van der Waals surface area contributed by atoms with Crippen LogP contribution in [0.2, 0.25) is 0 Å². The van der Waals surface area contributed by atoms with Gasteiger partial charge in [0.15, 0.2) is 5.13 Å². The van der Waals surface area contributed by atoms with Crippen molar-refractivity contribution in [2.45, 2.75) is 0 Å². The van der Waals surface area contributed by atoms with Crippen LogP contribution in [0.3, 0.4) is 0 Å². The van der Waals surface area contributed by atoms with Gasteiger partial charge < -0.3 is 5.41 Å². The van der Waals surface area contributed by atoms with Crippen LogP contribution in [-0.4, -0.2) is 17.1 Å². The first kappa shape index (κ1) is 15.8. The summed E-state index contributed by atoms with van der Waals surface area (Å²) in [4.78, 5) is 17.7. The number of allylic oxidation sites excluding steroid dienone is 1. The fraction of sp³-hybridized carbons (Fsp3) is 0. The van der Waals surface area contributed by atoms with Crippen LogP contribution in [0.4, 0.5) is 5.13 Å². The van der Waals surface area contributed by atoms with Gasteiger partial charge in [0.2, 0.25) is 0 Å². The predicted molar refractivity (Wildman–Crippen MR) is 102 cm³/mol. The van der Waals surface area contributed by atoms with Crippen molar-refractivity contribution in [1.82, 2.24) is 4.98 Å². The van der Waals surface area contributed by atoms with Gasteiger partial charge in [-0.2, -0.15) is 0 Å². The Labute approximate surface area is 143 Å². The Kier molecular flexibility index (Phi) is 4.63. The van der Waals surface area contributed by atoms with Crippen molar-refractivity contribution in [3.63, 3.8) is 0 Å². The molecule has 0 saturated carbocycles. The van der Waals surface area contributed by atoms with Crippen LogP contribution in [0, 0.1) is 5.41 Å². The van der Waals surface area contributed by atoms with Gasteiger partial charge in [-0.3, -0.25) is 10.1 Å². The van der Waals surface area contributed by atoms with Gasteiger partial charge in [-0.1, -0.05) is 48.2 Å². The van der Waals surface area contributed by atoms with E-state index in [9.17, 15) is 4.79 Å². The number of fused-ring (bicyclic) bond motifs is 1. The largest absolute Gasteiger partial charge is 0.309 e. The summed E-state index contributed by atoms with van der Waals surface area (Å²) in [7, 11) is 0. The summed E-state index contributed by atoms with van der Waals surface area (Å²) < 4.78 is 0. The second-order valence-electron chi connectivity index (χ2n) is 5.01. The van der Waals surface area contributed by atoms with Gasteiger partial charge in [0.05, 0.1) is 10.6 Å². The van der Waals surface area contributed by atoms with Crippen molar-refractivity contribution >= 4 is 51.5 Å². The number of aromatic nitrogens is 1. The van der Waals surface area contributed by atoms with Crippen LogP contribution in [0.1, 0.15) is 20.9 Å². The summed E-state index contributed by atoms with van der Waals surface area (Å²) in [5.74, 6) is -0.201. The van der Waals surface area contributed by atoms with Gasteiger partial charge in [-0.15, -0.1) is 0 Å². The molecule has 0 unspecified atom stereocenters. The lowest BCUT2D eigenvalue weighted by molar-refractivity contribution is 0.102. The second-order valence-corrected chi connectivity index (χ2v) is 6.05. The average Bonchev–Trinajstić information content (AvgIpc) is 3.01. The predicted octanol–water partition coefficient (Wildman–Crippen LogP) is 4.85. The first-order valence-corrected chi connectivity index (χ1v) is 8.13. The summed E-state index contributed by atoms with van der Waals surface area (Å²) in [6, 6.07) is 13.5. The summed E-state index contributed by atoms with van der Waals surface area (Å²) >= 11 is 1.35. The number of thiazole rings is 1. The van der Waals surface area contributed by atoms with E-state index in [4.69, 9.17) is 5.41 Å². The maximum Gasteiger partial charge on any atom is 0.257 e. The van der Waals surface area contributed by atoms with Gasteiger partial charge >= 0.3 is 0 Å². The number of rotatable bonds is 5. The van der Waals surface area contributed by atoms with Crippen molar-refractivity contribution in [3.05, 3.63) is 71.3 Å². The Hall–Kier alpha value is -3.05. The second kappa shape index (κ2) is 7.02. The molecule has 1 aromatic heterocycles. The molecule has 3 rings (SSSR count). The van der Waals surface area contributed by atoms with Crippen molar-refractivity contribution in [3.8, 4) is 0 Å². The number of anilines is 1. The first-order valence-electron chi connectivity index (χ1n) is 7.32. The highest BCUT2D eigenvalue weighted by atomic mass is 32.1. The zero-order valence-corrected chi connectivity index (χ0v) is 13.6. The molecule has 118 valence electrons. The lowest BCUT2D eigenvalue weighted by Gasteiger charge is -2.03. The van der Waals surface area contributed by atoms with Crippen molar-refractivity contribution in [2.75, 3.05) is 5.32 Å². The van der Waals surface area contributed by atoms with Crippen molar-refractivity contribution < 1.29 is 4.79 Å². The molecule has 0 aliphatic carbocycles. The maximum atomic E-state index is 12.5. The third kappa shape index (κ3) is 3.31. The molecule has 1 heterocycles. The molecule has 24 heavy (non-hydrogen) atoms. The molecule has 0 aliphatic heterocycles. The minimum Gasteiger partial charge on any atom is -0.309 e. The van der Waals surface area contributed by atoms with Crippen LogP contribution < -0.4 is 5.32 Å². The van der Waals surface area contributed by atoms with Gasteiger partial charge in [0.1, 0.15) is 0 Å². The fourth-order valence-electron chi connectivity index (χ4n) is 2.30. The van der Waals surface area contributed by atoms with E-state index in [1.807, 2.05) is 36.4 Å². The number of benzene rings is 2. The number of nitrogens with zero attached hydrogens (tertiary/aromatic N) is 1. The molecule has 1 amide bonds. The first-order chi connectivity index (χ1) is 11.7.